The zero-order valence-corrected chi connectivity index (χ0v) is 40.2. The smallest absolute Gasteiger partial charge is 0.407 e. The largest absolute Gasteiger partial charge is 0.457 e. The molecule has 2 saturated heterocycles. The van der Waals surface area contributed by atoms with Gasteiger partial charge in [0.1, 0.15) is 6.10 Å². The molecule has 2 aromatic rings. The van der Waals surface area contributed by atoms with Crippen LogP contribution in [0.2, 0.25) is 0 Å². The molecule has 0 saturated carbocycles. The molecule has 0 aromatic heterocycles. The Kier molecular flexibility index (Phi) is 22.4. The van der Waals surface area contributed by atoms with Gasteiger partial charge in [-0.25, -0.2) is 22.8 Å². The van der Waals surface area contributed by atoms with Gasteiger partial charge in [-0.15, -0.1) is 0 Å². The van der Waals surface area contributed by atoms with Crippen molar-refractivity contribution >= 4 is 39.2 Å². The fourth-order valence-electron chi connectivity index (χ4n) is 7.97. The van der Waals surface area contributed by atoms with Crippen LogP contribution in [0.3, 0.4) is 0 Å². The lowest BCUT2D eigenvalue weighted by Crippen LogP contribution is -2.52. The monoisotopic (exact) mass is 942 g/mol. The maximum atomic E-state index is 14.1. The Bertz CT molecular complexity index is 1850. The molecule has 3 aliphatic heterocycles. The molecule has 2 amide bonds. The number of aliphatic hydroxyl groups is 1. The zero-order chi connectivity index (χ0) is 47.5. The number of rotatable bonds is 20. The number of fused-ring (bicyclic) bond motifs is 2. The number of sulfonamides is 1. The lowest BCUT2D eigenvalue weighted by atomic mass is 9.80. The first-order valence-corrected chi connectivity index (χ1v) is 23.6. The summed E-state index contributed by atoms with van der Waals surface area (Å²) in [6.07, 6.45) is 2.58. The van der Waals surface area contributed by atoms with Crippen LogP contribution in [0.5, 0.6) is 11.5 Å². The molecule has 3 aliphatic rings. The van der Waals surface area contributed by atoms with Gasteiger partial charge in [0.15, 0.2) is 17.8 Å². The number of carbonyl (C=O) groups is 3. The molecule has 0 bridgehead atoms. The number of alkyl carbamates (subject to hydrolysis) is 2. The molecule has 3 heterocycles. The molecule has 0 unspecified atom stereocenters. The number of halogens is 1. The van der Waals surface area contributed by atoms with Gasteiger partial charge < -0.3 is 54.6 Å². The Labute approximate surface area is 384 Å². The average Bonchev–Trinajstić information content (AvgIpc) is 4.00. The molecular formula is C45H71ClN4O13S. The highest BCUT2D eigenvalue weighted by Crippen LogP contribution is 2.36. The van der Waals surface area contributed by atoms with Gasteiger partial charge >= 0.3 is 17.6 Å². The average molecular weight is 944 g/mol. The quantitative estimate of drug-likeness (QED) is 0.0608. The van der Waals surface area contributed by atoms with Gasteiger partial charge in [0.25, 0.3) is 0 Å². The van der Waals surface area contributed by atoms with Crippen molar-refractivity contribution < 1.29 is 61.1 Å². The number of nitrogens with one attached hydrogen (secondary N) is 2. The summed E-state index contributed by atoms with van der Waals surface area (Å²) in [6.45, 7) is 14.8. The van der Waals surface area contributed by atoms with Crippen molar-refractivity contribution in [2.75, 3.05) is 60.4 Å². The lowest BCUT2D eigenvalue weighted by molar-refractivity contribution is -0.0907. The van der Waals surface area contributed by atoms with E-state index in [4.69, 9.17) is 29.4 Å². The maximum Gasteiger partial charge on any atom is 0.407 e. The number of hydrogen-bond acceptors (Lipinski definition) is 14. The van der Waals surface area contributed by atoms with Crippen LogP contribution in [-0.4, -0.2) is 120 Å². The van der Waals surface area contributed by atoms with E-state index >= 15 is 0 Å². The van der Waals surface area contributed by atoms with Crippen LogP contribution in [0.4, 0.5) is 14.4 Å². The van der Waals surface area contributed by atoms with Crippen LogP contribution in [0.1, 0.15) is 85.6 Å². The highest BCUT2D eigenvalue weighted by atomic mass is 35.5. The number of ether oxygens (including phenoxy) is 7. The van der Waals surface area contributed by atoms with Gasteiger partial charge in [-0.1, -0.05) is 71.9 Å². The van der Waals surface area contributed by atoms with Crippen LogP contribution in [0.25, 0.3) is 0 Å². The molecule has 0 radical (unpaired) electrons. The molecule has 19 heteroatoms. The van der Waals surface area contributed by atoms with Crippen molar-refractivity contribution in [1.29, 1.82) is 0 Å². The molecule has 5 rings (SSSR count). The van der Waals surface area contributed by atoms with Gasteiger partial charge in [-0.05, 0) is 85.9 Å². The molecule has 2 aromatic carbocycles. The molecule has 0 spiro atoms. The van der Waals surface area contributed by atoms with E-state index in [9.17, 15) is 27.9 Å². The molecule has 0 aliphatic carbocycles. The van der Waals surface area contributed by atoms with Crippen LogP contribution >= 0.6 is 11.6 Å². The Morgan fingerprint density at radius 3 is 2.27 bits per heavy atom. The third-order valence-electron chi connectivity index (χ3n) is 11.0. The minimum Gasteiger partial charge on any atom is -0.457 e. The van der Waals surface area contributed by atoms with Gasteiger partial charge in [0.2, 0.25) is 16.8 Å². The zero-order valence-electron chi connectivity index (χ0n) is 38.6. The van der Waals surface area contributed by atoms with Crippen molar-refractivity contribution in [3.63, 3.8) is 0 Å². The molecule has 5 atom stereocenters. The van der Waals surface area contributed by atoms with E-state index in [0.29, 0.717) is 43.0 Å². The predicted octanol–water partition coefficient (Wildman–Crippen LogP) is 6.82. The Balaban J connectivity index is 0.000000454. The van der Waals surface area contributed by atoms with Gasteiger partial charge in [0, 0.05) is 37.3 Å². The van der Waals surface area contributed by atoms with E-state index < -0.39 is 45.2 Å². The minimum absolute atomic E-state index is 0.0116. The first kappa shape index (κ1) is 54.4. The van der Waals surface area contributed by atoms with Crippen LogP contribution in [0, 0.1) is 22.7 Å². The standard InChI is InChI=1S/C31H43N3O9S.C12H25NO2.C2H3ClO2/c1-31(2,12-6-13-32)19-34(44(37,38)22-9-10-26-27(16-22)42-20-41-26)17-25(35)24(15-21-7-4-3-5-8-21)33-30(36)43-28-18-40-29-23(28)11-14-39-29;1-10(2)9-12(3,4)7-6-8-13-11(14)15-5;1-5-2(3)4/h3-5,7-10,16,23-25,28-29,35H,6,11-15,17-20,32H2,1-2H3,(H,33,36);10H,6-9H2,1-5H3,(H,13,14);1H3/t23-,24-,25+,28-,29+;;/m0../s1. The molecular weight excluding hydrogens is 872 g/mol. The first-order chi connectivity index (χ1) is 30.2. The predicted molar refractivity (Wildman–Crippen MR) is 242 cm³/mol. The summed E-state index contributed by atoms with van der Waals surface area (Å²) in [7, 11) is -1.50. The topological polar surface area (TPSA) is 224 Å². The SMILES string of the molecule is CC(C)(CCCN)CN(C[C@@H](O)[C@H](Cc1ccccc1)NC(=O)O[C@H]1CO[C@H]2OCC[C@H]21)S(=O)(=O)c1ccc2c(c1)OCO2.COC(=O)Cl.COC(=O)NCCCC(C)(C)CC(C)C. The molecule has 17 nitrogen and oxygen atoms in total. The van der Waals surface area contributed by atoms with Crippen molar-refractivity contribution in [2.45, 2.75) is 116 Å². The summed E-state index contributed by atoms with van der Waals surface area (Å²) in [5, 5.41) is 17.2. The number of amides is 2. The fraction of sp³-hybridized carbons (Fsp3) is 0.667. The number of hydrogen-bond donors (Lipinski definition) is 4. The van der Waals surface area contributed by atoms with Crippen LogP contribution in [-0.2, 0) is 40.1 Å². The van der Waals surface area contributed by atoms with Crippen molar-refractivity contribution in [3.05, 3.63) is 54.1 Å². The second kappa shape index (κ2) is 26.3. The highest BCUT2D eigenvalue weighted by Gasteiger charge is 2.44. The molecule has 5 N–H and O–H groups in total. The molecule has 2 fully saturated rings. The second-order valence-corrected chi connectivity index (χ2v) is 20.3. The van der Waals surface area contributed by atoms with E-state index in [2.05, 4.69) is 59.4 Å². The van der Waals surface area contributed by atoms with E-state index in [-0.39, 0.29) is 56.1 Å². The van der Waals surface area contributed by atoms with Crippen LogP contribution < -0.4 is 25.8 Å². The van der Waals surface area contributed by atoms with E-state index in [0.717, 1.165) is 37.2 Å². The summed E-state index contributed by atoms with van der Waals surface area (Å²) in [4.78, 5) is 33.3. The number of nitrogens with two attached hydrogens (primary N) is 1. The maximum absolute atomic E-state index is 14.1. The summed E-state index contributed by atoms with van der Waals surface area (Å²) in [6, 6.07) is 13.0. The number of carbonyl (C=O) groups excluding carboxylic acids is 3. The summed E-state index contributed by atoms with van der Waals surface area (Å²) in [5.41, 5.74) is 5.76. The number of benzene rings is 2. The second-order valence-electron chi connectivity index (χ2n) is 18.1. The number of methoxy groups -OCH3 is 2. The first-order valence-electron chi connectivity index (χ1n) is 21.8. The Morgan fingerprint density at radius 1 is 0.953 bits per heavy atom. The van der Waals surface area contributed by atoms with E-state index in [1.807, 2.05) is 44.2 Å². The minimum atomic E-state index is -4.11. The van der Waals surface area contributed by atoms with Gasteiger partial charge in [-0.3, -0.25) is 0 Å². The van der Waals surface area contributed by atoms with Crippen molar-refractivity contribution in [2.24, 2.45) is 28.4 Å². The Morgan fingerprint density at radius 2 is 1.62 bits per heavy atom. The van der Waals surface area contributed by atoms with E-state index in [1.165, 1.54) is 37.1 Å². The van der Waals surface area contributed by atoms with Gasteiger partial charge in [0.05, 0.1) is 50.4 Å². The highest BCUT2D eigenvalue weighted by molar-refractivity contribution is 7.89. The number of aliphatic hydroxyl groups excluding tert-OH is 1. The normalized spacial score (nSPS) is 18.7. The van der Waals surface area contributed by atoms with Crippen LogP contribution in [0.15, 0.2) is 53.4 Å². The summed E-state index contributed by atoms with van der Waals surface area (Å²) >= 11 is 4.60. The third kappa shape index (κ3) is 18.5. The fourth-order valence-corrected chi connectivity index (χ4v) is 9.63. The lowest BCUT2D eigenvalue weighted by Gasteiger charge is -2.35. The summed E-state index contributed by atoms with van der Waals surface area (Å²) < 4.78 is 65.5. The molecule has 64 heavy (non-hydrogen) atoms. The third-order valence-corrected chi connectivity index (χ3v) is 12.9. The van der Waals surface area contributed by atoms with Crippen molar-refractivity contribution in [3.8, 4) is 11.5 Å². The molecule has 362 valence electrons. The number of nitrogens with zero attached hydrogens (tertiary/aromatic N) is 1. The van der Waals surface area contributed by atoms with Crippen molar-refractivity contribution in [1.82, 2.24) is 14.9 Å². The van der Waals surface area contributed by atoms with E-state index in [1.54, 1.807) is 6.07 Å². The summed E-state index contributed by atoms with van der Waals surface area (Å²) in [5.74, 6) is 1.49. The Hall–Kier alpha value is -3.91. The van der Waals surface area contributed by atoms with Gasteiger partial charge in [-0.2, -0.15) is 4.31 Å².